The molecule has 0 saturated carbocycles. The molecule has 1 atom stereocenters. The lowest BCUT2D eigenvalue weighted by Crippen LogP contribution is -2.14. The smallest absolute Gasteiger partial charge is 0.231 e. The van der Waals surface area contributed by atoms with E-state index in [2.05, 4.69) is 0 Å². The average Bonchev–Trinajstić information content (AvgIpc) is 3.20. The van der Waals surface area contributed by atoms with Gasteiger partial charge in [0.2, 0.25) is 12.5 Å². The summed E-state index contributed by atoms with van der Waals surface area (Å²) in [4.78, 5) is 0. The first-order chi connectivity index (χ1) is 13.6. The molecular weight excluding hydrogens is 368 g/mol. The summed E-state index contributed by atoms with van der Waals surface area (Å²) >= 11 is 0. The van der Waals surface area contributed by atoms with Gasteiger partial charge in [0.1, 0.15) is 6.10 Å². The van der Waals surface area contributed by atoms with Crippen molar-refractivity contribution >= 4 is 0 Å². The predicted molar refractivity (Wildman–Crippen MR) is 99.5 cm³/mol. The largest absolute Gasteiger partial charge is 0.493 e. The van der Waals surface area contributed by atoms with Gasteiger partial charge < -0.3 is 38.3 Å². The van der Waals surface area contributed by atoms with Crippen LogP contribution in [0.15, 0.2) is 24.3 Å². The van der Waals surface area contributed by atoms with E-state index in [1.54, 1.807) is 24.3 Å². The summed E-state index contributed by atoms with van der Waals surface area (Å²) in [5.41, 5.74) is 1.57. The lowest BCUT2D eigenvalue weighted by molar-refractivity contribution is -0.107. The molecule has 8 heteroatoms. The van der Waals surface area contributed by atoms with Crippen LogP contribution in [-0.2, 0) is 9.47 Å². The van der Waals surface area contributed by atoms with Crippen molar-refractivity contribution in [3.05, 3.63) is 41.0 Å². The van der Waals surface area contributed by atoms with E-state index in [4.69, 9.17) is 33.2 Å². The predicted octanol–water partition coefficient (Wildman–Crippen LogP) is 2.81. The Hall–Kier alpha value is -2.68. The van der Waals surface area contributed by atoms with Gasteiger partial charge >= 0.3 is 0 Å². The van der Waals surface area contributed by atoms with Crippen molar-refractivity contribution in [1.82, 2.24) is 0 Å². The highest BCUT2D eigenvalue weighted by Gasteiger charge is 2.31. The van der Waals surface area contributed by atoms with Crippen molar-refractivity contribution in [3.8, 4) is 28.7 Å². The van der Waals surface area contributed by atoms with Gasteiger partial charge in [0, 0.05) is 25.3 Å². The fraction of sp³-hybridized carbons (Fsp3) is 0.400. The van der Waals surface area contributed by atoms with Gasteiger partial charge in [0.15, 0.2) is 29.3 Å². The Morgan fingerprint density at radius 1 is 0.857 bits per heavy atom. The van der Waals surface area contributed by atoms with Gasteiger partial charge in [0.05, 0.1) is 21.3 Å². The van der Waals surface area contributed by atoms with Gasteiger partial charge in [-0.05, 0) is 23.8 Å². The van der Waals surface area contributed by atoms with Crippen LogP contribution in [0, 0.1) is 0 Å². The number of hydrogen-bond acceptors (Lipinski definition) is 8. The van der Waals surface area contributed by atoms with E-state index < -0.39 is 12.4 Å². The van der Waals surface area contributed by atoms with E-state index in [-0.39, 0.29) is 6.79 Å². The second-order valence-corrected chi connectivity index (χ2v) is 5.97. The molecule has 8 nitrogen and oxygen atoms in total. The third kappa shape index (κ3) is 3.42. The standard InChI is InChI=1S/C20H24O8/c1-22-15-9-12(20(25-4)26-5)16(19(24-3)18(15)23-2)17(21)11-6-7-13-14(8-11)28-10-27-13/h6-9,17,20-21H,10H2,1-5H3. The third-order valence-electron chi connectivity index (χ3n) is 4.57. The van der Waals surface area contributed by atoms with Gasteiger partial charge in [-0.15, -0.1) is 0 Å². The summed E-state index contributed by atoms with van der Waals surface area (Å²) in [5, 5.41) is 11.3. The van der Waals surface area contributed by atoms with Crippen molar-refractivity contribution in [2.45, 2.75) is 12.4 Å². The molecule has 2 aromatic carbocycles. The number of aliphatic hydroxyl groups is 1. The fourth-order valence-electron chi connectivity index (χ4n) is 3.27. The molecule has 0 bridgehead atoms. The van der Waals surface area contributed by atoms with E-state index in [1.165, 1.54) is 35.5 Å². The molecule has 1 aliphatic heterocycles. The first-order valence-electron chi connectivity index (χ1n) is 8.55. The lowest BCUT2D eigenvalue weighted by atomic mass is 9.94. The minimum atomic E-state index is -1.08. The van der Waals surface area contributed by atoms with Crippen molar-refractivity contribution in [2.24, 2.45) is 0 Å². The summed E-state index contributed by atoms with van der Waals surface area (Å²) < 4.78 is 38.1. The molecule has 0 aliphatic carbocycles. The Kier molecular flexibility index (Phi) is 6.13. The summed E-state index contributed by atoms with van der Waals surface area (Å²) in [5.74, 6) is 2.29. The molecule has 0 fully saturated rings. The fourth-order valence-corrected chi connectivity index (χ4v) is 3.27. The molecule has 0 amide bonds. The van der Waals surface area contributed by atoms with Crippen LogP contribution in [0.4, 0.5) is 0 Å². The normalized spacial score (nSPS) is 13.5. The molecule has 0 aromatic heterocycles. The molecule has 1 N–H and O–H groups in total. The monoisotopic (exact) mass is 392 g/mol. The van der Waals surface area contributed by atoms with E-state index in [1.807, 2.05) is 0 Å². The Morgan fingerprint density at radius 2 is 1.54 bits per heavy atom. The molecule has 1 aliphatic rings. The minimum absolute atomic E-state index is 0.148. The summed E-state index contributed by atoms with van der Waals surface area (Å²) in [7, 11) is 7.53. The Bertz CT molecular complexity index is 831. The summed E-state index contributed by atoms with van der Waals surface area (Å²) in [6.45, 7) is 0.148. The second kappa shape index (κ2) is 8.55. The number of ether oxygens (including phenoxy) is 7. The average molecular weight is 392 g/mol. The van der Waals surface area contributed by atoms with Crippen molar-refractivity contribution in [1.29, 1.82) is 0 Å². The van der Waals surface area contributed by atoms with Gasteiger partial charge in [-0.1, -0.05) is 6.07 Å². The molecule has 0 radical (unpaired) electrons. The molecular formula is C20H24O8. The van der Waals surface area contributed by atoms with Crippen LogP contribution in [0.1, 0.15) is 29.1 Å². The molecule has 1 heterocycles. The Morgan fingerprint density at radius 3 is 2.14 bits per heavy atom. The van der Waals surface area contributed by atoms with Crippen LogP contribution in [0.3, 0.4) is 0 Å². The van der Waals surface area contributed by atoms with Gasteiger partial charge in [-0.2, -0.15) is 0 Å². The maximum absolute atomic E-state index is 11.3. The molecule has 1 unspecified atom stereocenters. The Balaban J connectivity index is 2.21. The highest BCUT2D eigenvalue weighted by Crippen LogP contribution is 2.48. The number of rotatable bonds is 8. The van der Waals surface area contributed by atoms with Crippen LogP contribution in [0.2, 0.25) is 0 Å². The van der Waals surface area contributed by atoms with E-state index in [0.717, 1.165) is 0 Å². The zero-order valence-corrected chi connectivity index (χ0v) is 16.5. The first kappa shape index (κ1) is 20.1. The van der Waals surface area contributed by atoms with Crippen LogP contribution in [0.5, 0.6) is 28.7 Å². The second-order valence-electron chi connectivity index (χ2n) is 5.97. The van der Waals surface area contributed by atoms with Crippen molar-refractivity contribution in [3.63, 3.8) is 0 Å². The first-order valence-corrected chi connectivity index (χ1v) is 8.55. The summed E-state index contributed by atoms with van der Waals surface area (Å²) in [6.07, 6.45) is -1.83. The van der Waals surface area contributed by atoms with E-state index in [0.29, 0.717) is 45.4 Å². The van der Waals surface area contributed by atoms with Crippen molar-refractivity contribution in [2.75, 3.05) is 42.3 Å². The topological polar surface area (TPSA) is 84.8 Å². The van der Waals surface area contributed by atoms with Crippen LogP contribution in [0.25, 0.3) is 0 Å². The summed E-state index contributed by atoms with van der Waals surface area (Å²) in [6, 6.07) is 6.93. The van der Waals surface area contributed by atoms with Crippen molar-refractivity contribution < 1.29 is 38.3 Å². The molecule has 152 valence electrons. The maximum Gasteiger partial charge on any atom is 0.231 e. The lowest BCUT2D eigenvalue weighted by Gasteiger charge is -2.26. The number of fused-ring (bicyclic) bond motifs is 1. The minimum Gasteiger partial charge on any atom is -0.493 e. The molecule has 28 heavy (non-hydrogen) atoms. The van der Waals surface area contributed by atoms with Crippen LogP contribution >= 0.6 is 0 Å². The SMILES string of the molecule is COc1cc(C(OC)OC)c(C(O)c2ccc3c(c2)OCO3)c(OC)c1OC. The highest BCUT2D eigenvalue weighted by atomic mass is 16.7. The molecule has 3 rings (SSSR count). The van der Waals surface area contributed by atoms with E-state index >= 15 is 0 Å². The molecule has 0 spiro atoms. The maximum atomic E-state index is 11.3. The highest BCUT2D eigenvalue weighted by molar-refractivity contribution is 5.62. The van der Waals surface area contributed by atoms with Gasteiger partial charge in [-0.3, -0.25) is 0 Å². The number of hydrogen-bond donors (Lipinski definition) is 1. The van der Waals surface area contributed by atoms with Gasteiger partial charge in [0.25, 0.3) is 0 Å². The van der Waals surface area contributed by atoms with Gasteiger partial charge in [-0.25, -0.2) is 0 Å². The Labute approximate surface area is 163 Å². The molecule has 2 aromatic rings. The number of aliphatic hydroxyl groups excluding tert-OH is 1. The van der Waals surface area contributed by atoms with Crippen LogP contribution in [-0.4, -0.2) is 47.4 Å². The zero-order valence-electron chi connectivity index (χ0n) is 16.5. The quantitative estimate of drug-likeness (QED) is 0.687. The van der Waals surface area contributed by atoms with E-state index in [9.17, 15) is 5.11 Å². The third-order valence-corrected chi connectivity index (χ3v) is 4.57. The van der Waals surface area contributed by atoms with Crippen LogP contribution < -0.4 is 23.7 Å². The number of benzene rings is 2. The zero-order chi connectivity index (χ0) is 20.3. The number of methoxy groups -OCH3 is 5. The molecule has 0 saturated heterocycles.